The number of nitrogens with zero attached hydrogens (tertiary/aromatic N) is 3. The number of ether oxygens (including phenoxy) is 4. The highest BCUT2D eigenvalue weighted by molar-refractivity contribution is 7.92. The van der Waals surface area contributed by atoms with E-state index in [1.54, 1.807) is 0 Å². The van der Waals surface area contributed by atoms with Crippen LogP contribution in [0, 0.1) is 0 Å². The Bertz CT molecular complexity index is 1080. The summed E-state index contributed by atoms with van der Waals surface area (Å²) >= 11 is 5.90. The van der Waals surface area contributed by atoms with E-state index in [-0.39, 0.29) is 53.9 Å². The third-order valence-corrected chi connectivity index (χ3v) is 6.11. The van der Waals surface area contributed by atoms with Crippen LogP contribution in [0.1, 0.15) is 12.5 Å². The maximum Gasteiger partial charge on any atom is 0.410 e. The molecule has 1 amide bonds. The zero-order valence-corrected chi connectivity index (χ0v) is 19.3. The lowest BCUT2D eigenvalue weighted by Crippen LogP contribution is -2.40. The lowest BCUT2D eigenvalue weighted by Gasteiger charge is -2.25. The number of anilines is 1. The molecule has 3 rings (SSSR count). The average Bonchev–Trinajstić information content (AvgIpc) is 2.92. The number of methoxy groups -OCH3 is 2. The van der Waals surface area contributed by atoms with E-state index >= 15 is 0 Å². The van der Waals surface area contributed by atoms with Gasteiger partial charge >= 0.3 is 6.09 Å². The number of aromatic nitrogens is 2. The van der Waals surface area contributed by atoms with Gasteiger partial charge < -0.3 is 18.9 Å². The van der Waals surface area contributed by atoms with Gasteiger partial charge in [-0.2, -0.15) is 0 Å². The molecule has 2 aromatic heterocycles. The molecule has 0 spiro atoms. The van der Waals surface area contributed by atoms with E-state index in [1.807, 2.05) is 6.92 Å². The number of hydrogen-bond acceptors (Lipinski definition) is 9. The van der Waals surface area contributed by atoms with Crippen LogP contribution in [-0.2, 0) is 26.0 Å². The quantitative estimate of drug-likeness (QED) is 0.586. The number of carbonyl (C=O) groups is 1. The maximum absolute atomic E-state index is 12.9. The molecule has 0 saturated heterocycles. The van der Waals surface area contributed by atoms with Gasteiger partial charge in [-0.05, 0) is 19.1 Å². The summed E-state index contributed by atoms with van der Waals surface area (Å²) in [5, 5.41) is 0.135. The molecule has 1 aliphatic rings. The van der Waals surface area contributed by atoms with Crippen molar-refractivity contribution in [2.45, 2.75) is 24.4 Å². The van der Waals surface area contributed by atoms with Crippen molar-refractivity contribution in [3.05, 3.63) is 35.1 Å². The maximum atomic E-state index is 12.9. The van der Waals surface area contributed by atoms with Crippen LogP contribution in [0.5, 0.6) is 11.8 Å². The zero-order valence-electron chi connectivity index (χ0n) is 17.7. The van der Waals surface area contributed by atoms with Gasteiger partial charge in [0.2, 0.25) is 11.8 Å². The molecule has 0 unspecified atom stereocenters. The summed E-state index contributed by atoms with van der Waals surface area (Å²) in [5.74, 6) is 0.195. The summed E-state index contributed by atoms with van der Waals surface area (Å²) in [4.78, 5) is 21.8. The van der Waals surface area contributed by atoms with Crippen molar-refractivity contribution in [1.29, 1.82) is 0 Å². The molecule has 13 heteroatoms. The number of fused-ring (bicyclic) bond motifs is 1. The molecule has 0 aliphatic carbocycles. The second-order valence-electron chi connectivity index (χ2n) is 6.85. The van der Waals surface area contributed by atoms with Gasteiger partial charge in [0.15, 0.2) is 4.90 Å². The summed E-state index contributed by atoms with van der Waals surface area (Å²) < 4.78 is 49.0. The van der Waals surface area contributed by atoms with Crippen LogP contribution in [0.3, 0.4) is 0 Å². The van der Waals surface area contributed by atoms with E-state index in [2.05, 4.69) is 14.7 Å². The Morgan fingerprint density at radius 3 is 2.78 bits per heavy atom. The first-order chi connectivity index (χ1) is 15.2. The third kappa shape index (κ3) is 5.50. The molecule has 174 valence electrons. The highest BCUT2D eigenvalue weighted by Crippen LogP contribution is 2.29. The van der Waals surface area contributed by atoms with Crippen LogP contribution in [-0.4, -0.2) is 69.5 Å². The number of sulfonamides is 1. The number of hydrogen-bond donors (Lipinski definition) is 1. The first kappa shape index (κ1) is 23.8. The molecule has 0 aromatic carbocycles. The minimum atomic E-state index is -4.09. The Labute approximate surface area is 190 Å². The van der Waals surface area contributed by atoms with Gasteiger partial charge in [0.1, 0.15) is 13.2 Å². The van der Waals surface area contributed by atoms with E-state index < -0.39 is 16.1 Å². The molecule has 3 heterocycles. The van der Waals surface area contributed by atoms with Crippen molar-refractivity contribution in [3.63, 3.8) is 0 Å². The lowest BCUT2D eigenvalue weighted by molar-refractivity contribution is 0.0567. The van der Waals surface area contributed by atoms with Crippen LogP contribution >= 0.6 is 11.6 Å². The van der Waals surface area contributed by atoms with E-state index in [1.165, 1.54) is 43.6 Å². The predicted molar refractivity (Wildman–Crippen MR) is 115 cm³/mol. The van der Waals surface area contributed by atoms with Crippen molar-refractivity contribution < 1.29 is 32.2 Å². The fraction of sp³-hybridized carbons (Fsp3) is 0.421. The Balaban J connectivity index is 1.84. The van der Waals surface area contributed by atoms with Gasteiger partial charge in [-0.25, -0.2) is 23.2 Å². The molecule has 1 aliphatic heterocycles. The first-order valence-electron chi connectivity index (χ1n) is 9.51. The molecule has 0 bridgehead atoms. The van der Waals surface area contributed by atoms with Crippen molar-refractivity contribution >= 4 is 33.4 Å². The van der Waals surface area contributed by atoms with Gasteiger partial charge in [-0.15, -0.1) is 0 Å². The van der Waals surface area contributed by atoms with E-state index in [0.29, 0.717) is 11.4 Å². The minimum Gasteiger partial charge on any atom is -0.480 e. The number of carbonyl (C=O) groups excluding carboxylic acids is 1. The van der Waals surface area contributed by atoms with E-state index in [4.69, 9.17) is 30.5 Å². The molecule has 0 saturated carbocycles. The average molecular weight is 487 g/mol. The minimum absolute atomic E-state index is 0.105. The van der Waals surface area contributed by atoms with Crippen molar-refractivity contribution in [2.24, 2.45) is 0 Å². The van der Waals surface area contributed by atoms with Crippen LogP contribution in [0.4, 0.5) is 10.5 Å². The molecule has 1 atom stereocenters. The first-order valence-corrected chi connectivity index (χ1v) is 11.4. The number of nitrogens with one attached hydrogen (secondary N) is 1. The second-order valence-corrected chi connectivity index (χ2v) is 8.94. The standard InChI is InChI=1S/C19H23ClN4O7S/c1-12-11-31-17-13(10-24(12)19(25)30-5-4-28-2)6-15(9-22-17)23-32(26,27)16-7-14(20)8-21-18(16)29-3/h6-9,12,23H,4-5,10-11H2,1-3H3/t12-/m1/s1. The van der Waals surface area contributed by atoms with Gasteiger partial charge in [0.25, 0.3) is 10.0 Å². The SMILES string of the molecule is COCCOC(=O)N1Cc2cc(NS(=O)(=O)c3cc(Cl)cnc3OC)cnc2OC[C@H]1C. The number of halogens is 1. The summed E-state index contributed by atoms with van der Waals surface area (Å²) in [5.41, 5.74) is 0.672. The lowest BCUT2D eigenvalue weighted by atomic mass is 10.2. The Hall–Kier alpha value is -2.83. The summed E-state index contributed by atoms with van der Waals surface area (Å²) in [6.07, 6.45) is 2.06. The fourth-order valence-electron chi connectivity index (χ4n) is 2.93. The highest BCUT2D eigenvalue weighted by atomic mass is 35.5. The largest absolute Gasteiger partial charge is 0.480 e. The van der Waals surface area contributed by atoms with Crippen LogP contribution in [0.2, 0.25) is 5.02 Å². The van der Waals surface area contributed by atoms with Gasteiger partial charge in [0.05, 0.1) is 43.2 Å². The van der Waals surface area contributed by atoms with Crippen LogP contribution < -0.4 is 14.2 Å². The molecule has 32 heavy (non-hydrogen) atoms. The van der Waals surface area contributed by atoms with Gasteiger partial charge in [-0.1, -0.05) is 11.6 Å². The molecule has 0 fully saturated rings. The van der Waals surface area contributed by atoms with Crippen LogP contribution in [0.15, 0.2) is 29.4 Å². The number of pyridine rings is 2. The van der Waals surface area contributed by atoms with Crippen molar-refractivity contribution in [1.82, 2.24) is 14.9 Å². The Morgan fingerprint density at radius 1 is 1.28 bits per heavy atom. The Morgan fingerprint density at radius 2 is 2.06 bits per heavy atom. The highest BCUT2D eigenvalue weighted by Gasteiger charge is 2.28. The summed E-state index contributed by atoms with van der Waals surface area (Å²) in [6.45, 7) is 2.52. The molecule has 2 aromatic rings. The van der Waals surface area contributed by atoms with Crippen molar-refractivity contribution in [2.75, 3.05) is 38.8 Å². The van der Waals surface area contributed by atoms with Gasteiger partial charge in [-0.3, -0.25) is 9.62 Å². The smallest absolute Gasteiger partial charge is 0.410 e. The topological polar surface area (TPSA) is 129 Å². The van der Waals surface area contributed by atoms with Crippen molar-refractivity contribution in [3.8, 4) is 11.8 Å². The van der Waals surface area contributed by atoms with E-state index in [0.717, 1.165) is 0 Å². The monoisotopic (exact) mass is 486 g/mol. The normalized spacial score (nSPS) is 15.9. The molecular formula is C19H23ClN4O7S. The third-order valence-electron chi connectivity index (χ3n) is 4.53. The molecule has 0 radical (unpaired) electrons. The predicted octanol–water partition coefficient (Wildman–Crippen LogP) is 2.31. The molecule has 1 N–H and O–H groups in total. The van der Waals surface area contributed by atoms with Gasteiger partial charge in [0, 0.05) is 18.9 Å². The Kier molecular flexibility index (Phi) is 7.59. The van der Waals surface area contributed by atoms with Crippen LogP contribution in [0.25, 0.3) is 0 Å². The fourth-order valence-corrected chi connectivity index (χ4v) is 4.33. The summed E-state index contributed by atoms with van der Waals surface area (Å²) in [6, 6.07) is 2.48. The second kappa shape index (κ2) is 10.2. The molecular weight excluding hydrogens is 464 g/mol. The number of rotatable bonds is 7. The molecule has 11 nitrogen and oxygen atoms in total. The van der Waals surface area contributed by atoms with E-state index in [9.17, 15) is 13.2 Å². The summed E-state index contributed by atoms with van der Waals surface area (Å²) in [7, 11) is -1.28. The zero-order chi connectivity index (χ0) is 23.3. The number of amides is 1.